The van der Waals surface area contributed by atoms with Crippen molar-refractivity contribution >= 4 is 34.3 Å². The van der Waals surface area contributed by atoms with E-state index in [-0.39, 0.29) is 17.5 Å². The third-order valence-electron chi connectivity index (χ3n) is 4.64. The maximum atomic E-state index is 14.1. The predicted octanol–water partition coefficient (Wildman–Crippen LogP) is 4.66. The molecule has 4 rings (SSSR count). The van der Waals surface area contributed by atoms with E-state index >= 15 is 0 Å². The molecule has 1 aliphatic heterocycles. The number of ether oxygens (including phenoxy) is 1. The summed E-state index contributed by atoms with van der Waals surface area (Å²) in [6, 6.07) is 11.9. The topological polar surface area (TPSA) is 44.1 Å². The zero-order valence-corrected chi connectivity index (χ0v) is 16.1. The number of hydrogen-bond donors (Lipinski definition) is 0. The first-order chi connectivity index (χ1) is 13.1. The molecule has 3 aromatic rings. The molecule has 2 heterocycles. The number of benzene rings is 2. The molecule has 1 aromatic heterocycles. The molecule has 4 nitrogen and oxygen atoms in total. The fraction of sp³-hybridized carbons (Fsp3) is 0.300. The second kappa shape index (κ2) is 8.00. The summed E-state index contributed by atoms with van der Waals surface area (Å²) >= 11 is 7.45. The lowest BCUT2D eigenvalue weighted by Gasteiger charge is -2.16. The van der Waals surface area contributed by atoms with Crippen LogP contribution in [0.5, 0.6) is 0 Å². The van der Waals surface area contributed by atoms with Gasteiger partial charge in [0.1, 0.15) is 5.82 Å². The van der Waals surface area contributed by atoms with E-state index in [2.05, 4.69) is 4.98 Å². The highest BCUT2D eigenvalue weighted by Crippen LogP contribution is 2.28. The molecular formula is C20H18ClFN2O2S. The fourth-order valence-electron chi connectivity index (χ4n) is 3.22. The Morgan fingerprint density at radius 2 is 2.11 bits per heavy atom. The fourth-order valence-corrected chi connectivity index (χ4v) is 4.57. The highest BCUT2D eigenvalue weighted by Gasteiger charge is 2.20. The summed E-state index contributed by atoms with van der Waals surface area (Å²) in [6.45, 7) is 1.16. The molecule has 0 spiro atoms. The van der Waals surface area contributed by atoms with Crippen molar-refractivity contribution in [3.63, 3.8) is 0 Å². The summed E-state index contributed by atoms with van der Waals surface area (Å²) in [6.07, 6.45) is 1.91. The summed E-state index contributed by atoms with van der Waals surface area (Å²) in [5, 5.41) is 1.49. The Kier molecular flexibility index (Phi) is 5.48. The molecule has 140 valence electrons. The maximum Gasteiger partial charge on any atom is 0.262 e. The van der Waals surface area contributed by atoms with E-state index < -0.39 is 0 Å². The van der Waals surface area contributed by atoms with Crippen molar-refractivity contribution in [2.45, 2.75) is 36.4 Å². The Bertz CT molecular complexity index is 1010. The van der Waals surface area contributed by atoms with Crippen LogP contribution in [0.15, 0.2) is 52.4 Å². The van der Waals surface area contributed by atoms with Crippen molar-refractivity contribution in [2.24, 2.45) is 0 Å². The maximum absolute atomic E-state index is 14.1. The van der Waals surface area contributed by atoms with E-state index in [1.807, 2.05) is 18.2 Å². The minimum atomic E-state index is -0.358. The molecule has 0 saturated carbocycles. The van der Waals surface area contributed by atoms with Gasteiger partial charge in [-0.1, -0.05) is 41.6 Å². The Hall–Kier alpha value is -1.89. The van der Waals surface area contributed by atoms with Crippen LogP contribution in [0.25, 0.3) is 10.9 Å². The summed E-state index contributed by atoms with van der Waals surface area (Å²) in [7, 11) is 0. The Labute approximate surface area is 165 Å². The molecule has 1 saturated heterocycles. The summed E-state index contributed by atoms with van der Waals surface area (Å²) < 4.78 is 21.5. The van der Waals surface area contributed by atoms with E-state index in [0.717, 1.165) is 12.8 Å². The molecular weight excluding hydrogens is 387 g/mol. The van der Waals surface area contributed by atoms with Crippen LogP contribution in [0, 0.1) is 5.82 Å². The van der Waals surface area contributed by atoms with Crippen molar-refractivity contribution in [3.8, 4) is 0 Å². The van der Waals surface area contributed by atoms with Crippen molar-refractivity contribution in [3.05, 3.63) is 69.2 Å². The largest absolute Gasteiger partial charge is 0.376 e. The molecule has 1 atom stereocenters. The molecule has 1 aliphatic rings. The minimum Gasteiger partial charge on any atom is -0.376 e. The van der Waals surface area contributed by atoms with Gasteiger partial charge in [-0.15, -0.1) is 0 Å². The number of aromatic nitrogens is 2. The second-order valence-corrected chi connectivity index (χ2v) is 7.80. The molecule has 0 N–H and O–H groups in total. The van der Waals surface area contributed by atoms with Gasteiger partial charge in [0.05, 0.1) is 23.6 Å². The number of fused-ring (bicyclic) bond motifs is 1. The average molecular weight is 405 g/mol. The minimum absolute atomic E-state index is 0.00191. The Morgan fingerprint density at radius 3 is 2.89 bits per heavy atom. The average Bonchev–Trinajstić information content (AvgIpc) is 3.17. The molecule has 0 radical (unpaired) electrons. The van der Waals surface area contributed by atoms with Crippen LogP contribution in [0.2, 0.25) is 5.02 Å². The number of nitrogens with zero attached hydrogens (tertiary/aromatic N) is 2. The Balaban J connectivity index is 1.72. The zero-order chi connectivity index (χ0) is 18.8. The monoisotopic (exact) mass is 404 g/mol. The van der Waals surface area contributed by atoms with E-state index in [0.29, 0.717) is 45.5 Å². The van der Waals surface area contributed by atoms with Gasteiger partial charge < -0.3 is 4.74 Å². The predicted molar refractivity (Wildman–Crippen MR) is 106 cm³/mol. The van der Waals surface area contributed by atoms with E-state index in [1.165, 1.54) is 17.8 Å². The lowest BCUT2D eigenvalue weighted by molar-refractivity contribution is 0.0937. The normalized spacial score (nSPS) is 16.9. The highest BCUT2D eigenvalue weighted by atomic mass is 35.5. The van der Waals surface area contributed by atoms with Gasteiger partial charge >= 0.3 is 0 Å². The van der Waals surface area contributed by atoms with Crippen molar-refractivity contribution in [1.82, 2.24) is 9.55 Å². The summed E-state index contributed by atoms with van der Waals surface area (Å²) in [5.41, 5.74) is 0.946. The van der Waals surface area contributed by atoms with E-state index in [4.69, 9.17) is 16.3 Å². The summed E-state index contributed by atoms with van der Waals surface area (Å²) in [5.74, 6) is -0.0641. The lowest BCUT2D eigenvalue weighted by atomic mass is 10.2. The quantitative estimate of drug-likeness (QED) is 0.458. The molecule has 0 bridgehead atoms. The van der Waals surface area contributed by atoms with Crippen LogP contribution < -0.4 is 5.56 Å². The van der Waals surface area contributed by atoms with Gasteiger partial charge in [0.2, 0.25) is 0 Å². The molecule has 0 amide bonds. The van der Waals surface area contributed by atoms with Crippen LogP contribution >= 0.6 is 23.4 Å². The van der Waals surface area contributed by atoms with Gasteiger partial charge in [0.15, 0.2) is 5.16 Å². The third-order valence-corrected chi connectivity index (χ3v) is 6.00. The van der Waals surface area contributed by atoms with Crippen LogP contribution in [-0.2, 0) is 17.0 Å². The van der Waals surface area contributed by atoms with Crippen LogP contribution in [0.4, 0.5) is 4.39 Å². The second-order valence-electron chi connectivity index (χ2n) is 6.45. The first kappa shape index (κ1) is 18.5. The third kappa shape index (κ3) is 3.88. The molecule has 27 heavy (non-hydrogen) atoms. The number of halogens is 2. The number of thioether (sulfide) groups is 1. The first-order valence-electron chi connectivity index (χ1n) is 8.80. The number of hydrogen-bond acceptors (Lipinski definition) is 4. The van der Waals surface area contributed by atoms with Gasteiger partial charge in [-0.25, -0.2) is 9.37 Å². The van der Waals surface area contributed by atoms with Gasteiger partial charge in [0, 0.05) is 22.9 Å². The van der Waals surface area contributed by atoms with E-state index in [1.54, 1.807) is 22.8 Å². The number of para-hydroxylation sites is 1. The first-order valence-corrected chi connectivity index (χ1v) is 10.2. The van der Waals surface area contributed by atoms with Crippen molar-refractivity contribution in [1.29, 1.82) is 0 Å². The number of rotatable bonds is 5. The summed E-state index contributed by atoms with van der Waals surface area (Å²) in [4.78, 5) is 17.7. The zero-order valence-electron chi connectivity index (χ0n) is 14.5. The van der Waals surface area contributed by atoms with Gasteiger partial charge in [-0.05, 0) is 37.1 Å². The van der Waals surface area contributed by atoms with Crippen LogP contribution in [-0.4, -0.2) is 22.3 Å². The Morgan fingerprint density at radius 1 is 1.26 bits per heavy atom. The van der Waals surface area contributed by atoms with Crippen molar-refractivity contribution < 1.29 is 9.13 Å². The molecule has 1 fully saturated rings. The van der Waals surface area contributed by atoms with Crippen molar-refractivity contribution in [2.75, 3.05) is 6.61 Å². The van der Waals surface area contributed by atoms with Crippen LogP contribution in [0.3, 0.4) is 0 Å². The van der Waals surface area contributed by atoms with Crippen LogP contribution in [0.1, 0.15) is 18.4 Å². The molecule has 0 aliphatic carbocycles. The standard InChI is InChI=1S/C20H18ClFN2O2S/c21-16-7-3-8-17(22)15(16)12-27-20-23-18-9-2-1-6-14(18)19(25)24(20)11-13-5-4-10-26-13/h1-3,6-9,13H,4-5,10-12H2. The highest BCUT2D eigenvalue weighted by molar-refractivity contribution is 7.98. The molecule has 7 heteroatoms. The lowest BCUT2D eigenvalue weighted by Crippen LogP contribution is -2.28. The van der Waals surface area contributed by atoms with Gasteiger partial charge in [-0.2, -0.15) is 0 Å². The smallest absolute Gasteiger partial charge is 0.262 e. The SMILES string of the molecule is O=c1c2ccccc2nc(SCc2c(F)cccc2Cl)n1CC1CCCO1. The van der Waals surface area contributed by atoms with Gasteiger partial charge in [0.25, 0.3) is 5.56 Å². The van der Waals surface area contributed by atoms with E-state index in [9.17, 15) is 9.18 Å². The van der Waals surface area contributed by atoms with Gasteiger partial charge in [-0.3, -0.25) is 9.36 Å². The molecule has 2 aromatic carbocycles. The molecule has 1 unspecified atom stereocenters.